The van der Waals surface area contributed by atoms with Crippen molar-refractivity contribution in [3.63, 3.8) is 0 Å². The molecule has 16 aromatic rings. The lowest BCUT2D eigenvalue weighted by atomic mass is 9.79. The Morgan fingerprint density at radius 3 is 1.21 bits per heavy atom. The molecule has 0 aliphatic carbocycles. The van der Waals surface area contributed by atoms with Gasteiger partial charge in [0, 0.05) is 120 Å². The molecule has 0 unspecified atom stereocenters. The number of ether oxygens (including phenoxy) is 3. The van der Waals surface area contributed by atoms with E-state index in [1.807, 2.05) is 169 Å². The lowest BCUT2D eigenvalue weighted by Gasteiger charge is -2.32. The van der Waals surface area contributed by atoms with Gasteiger partial charge in [-0.3, -0.25) is 9.69 Å². The van der Waals surface area contributed by atoms with Gasteiger partial charge in [-0.1, -0.05) is 109 Å². The zero-order valence-electron chi connectivity index (χ0n) is 66.5. The Labute approximate surface area is 686 Å². The Balaban J connectivity index is 0.000000121. The minimum atomic E-state index is -0.995. The van der Waals surface area contributed by atoms with Crippen molar-refractivity contribution in [2.75, 3.05) is 78.9 Å². The van der Waals surface area contributed by atoms with Crippen LogP contribution in [-0.2, 0) is 30.1 Å². The van der Waals surface area contributed by atoms with Crippen LogP contribution >= 0.6 is 11.6 Å². The topological polar surface area (TPSA) is 312 Å². The van der Waals surface area contributed by atoms with Gasteiger partial charge >= 0.3 is 19.1 Å². The van der Waals surface area contributed by atoms with Crippen LogP contribution < -0.4 is 10.8 Å². The molecule has 3 radical (unpaired) electrons. The number of fused-ring (bicyclic) bond motifs is 8. The molecule has 4 aliphatic rings. The molecule has 1 amide bonds. The van der Waals surface area contributed by atoms with Crippen LogP contribution in [0.4, 0.5) is 0 Å². The number of para-hydroxylation sites is 4. The number of amides is 1. The molecule has 8 aromatic carbocycles. The molecule has 0 bridgehead atoms. The second-order valence-corrected chi connectivity index (χ2v) is 29.8. The molecule has 0 spiro atoms. The summed E-state index contributed by atoms with van der Waals surface area (Å²) in [5.74, 6) is 0.617. The van der Waals surface area contributed by atoms with Crippen molar-refractivity contribution in [2.24, 2.45) is 0 Å². The number of nitrogens with zero attached hydrogens (tertiary/aromatic N) is 10. The average Bonchev–Trinajstić information content (AvgIpc) is 1.01. The second kappa shape index (κ2) is 36.1. The van der Waals surface area contributed by atoms with Gasteiger partial charge in [-0.05, 0) is 136 Å². The molecule has 0 atom stereocenters. The Morgan fingerprint density at radius 2 is 0.780 bits per heavy atom. The fourth-order valence-corrected chi connectivity index (χ4v) is 14.3. The molecular formula is C90H85B2ClN11O14. The van der Waals surface area contributed by atoms with E-state index >= 15 is 0 Å². The number of hydrogen-bond donors (Lipinski definition) is 3. The van der Waals surface area contributed by atoms with Crippen LogP contribution in [0.15, 0.2) is 212 Å². The summed E-state index contributed by atoms with van der Waals surface area (Å²) in [6.07, 6.45) is 0. The fraction of sp³-hybridized carbons (Fsp3) is 0.256. The van der Waals surface area contributed by atoms with Crippen molar-refractivity contribution >= 4 is 138 Å². The summed E-state index contributed by atoms with van der Waals surface area (Å²) in [6.45, 7) is 26.1. The smallest absolute Gasteiger partial charge is 0.478 e. The molecule has 4 fully saturated rings. The predicted octanol–water partition coefficient (Wildman–Crippen LogP) is 16.3. The highest BCUT2D eigenvalue weighted by molar-refractivity contribution is 6.62. The maximum atomic E-state index is 13.2. The molecule has 20 rings (SSSR count). The highest BCUT2D eigenvalue weighted by Crippen LogP contribution is 2.38. The van der Waals surface area contributed by atoms with Crippen LogP contribution in [0.1, 0.15) is 87.9 Å². The first-order chi connectivity index (χ1) is 56.5. The largest absolute Gasteiger partial charge is 0.494 e. The SMILES string of the molecule is C1COCCN1.Cc1nc2ccc(-c3cc(C(=O)N4CCOCC4)c4ccccc4n3)cc2o1.Cc1nc2ccc(-c3cc(C(=O)O)c4ccccc4n3)cc2o1.Cc1nc2ccc(-c3cc(CN4CCOCC4)c4ccccc4n3)cc2o1.Cc1nc2ccc(B3OC(C)(C)C(C)(C)O3)cc2o1.O=C(O)c1cc(Cl)nc2ccccc12.[B]. The summed E-state index contributed by atoms with van der Waals surface area (Å²) in [6, 6.07) is 60.7. The number of halogens is 1. The molecule has 118 heavy (non-hydrogen) atoms. The van der Waals surface area contributed by atoms with Crippen LogP contribution in [0.5, 0.6) is 0 Å². The van der Waals surface area contributed by atoms with E-state index in [9.17, 15) is 19.5 Å². The number of rotatable bonds is 9. The van der Waals surface area contributed by atoms with Crippen molar-refractivity contribution in [3.05, 3.63) is 245 Å². The van der Waals surface area contributed by atoms with Gasteiger partial charge in [0.05, 0.1) is 107 Å². The van der Waals surface area contributed by atoms with Crippen LogP contribution in [0.25, 0.3) is 122 Å². The zero-order valence-corrected chi connectivity index (χ0v) is 67.2. The van der Waals surface area contributed by atoms with E-state index in [-0.39, 0.29) is 48.9 Å². The Hall–Kier alpha value is -12.2. The number of carbonyl (C=O) groups is 3. The minimum Gasteiger partial charge on any atom is -0.478 e. The number of carbonyl (C=O) groups excluding carboxylic acids is 1. The number of aryl methyl sites for hydroxylation is 4. The molecule has 4 aliphatic heterocycles. The number of oxazole rings is 4. The lowest BCUT2D eigenvalue weighted by Crippen LogP contribution is -2.41. The summed E-state index contributed by atoms with van der Waals surface area (Å²) in [5, 5.41) is 25.0. The third-order valence-electron chi connectivity index (χ3n) is 20.7. The van der Waals surface area contributed by atoms with Crippen LogP contribution in [0.2, 0.25) is 5.15 Å². The molecular weight excluding hydrogens is 1520 g/mol. The first-order valence-corrected chi connectivity index (χ1v) is 38.9. The number of aromatic carboxylic acids is 2. The minimum absolute atomic E-state index is 0. The first-order valence-electron chi connectivity index (χ1n) is 38.5. The van der Waals surface area contributed by atoms with E-state index in [1.165, 1.54) is 17.0 Å². The van der Waals surface area contributed by atoms with Crippen LogP contribution in [0, 0.1) is 27.7 Å². The maximum absolute atomic E-state index is 13.2. The van der Waals surface area contributed by atoms with Gasteiger partial charge in [0.25, 0.3) is 5.91 Å². The second-order valence-electron chi connectivity index (χ2n) is 29.4. The number of morpholine rings is 3. The molecule has 12 heterocycles. The predicted molar refractivity (Wildman–Crippen MR) is 456 cm³/mol. The van der Waals surface area contributed by atoms with E-state index in [1.54, 1.807) is 49.4 Å². The zero-order chi connectivity index (χ0) is 81.5. The maximum Gasteiger partial charge on any atom is 0.494 e. The monoisotopic (exact) mass is 1600 g/mol. The van der Waals surface area contributed by atoms with Gasteiger partial charge in [0.2, 0.25) is 0 Å². The van der Waals surface area contributed by atoms with Crippen molar-refractivity contribution in [1.29, 1.82) is 0 Å². The lowest BCUT2D eigenvalue weighted by molar-refractivity contribution is 0.00578. The molecule has 0 saturated carbocycles. The van der Waals surface area contributed by atoms with Crippen molar-refractivity contribution in [2.45, 2.75) is 73.1 Å². The van der Waals surface area contributed by atoms with Gasteiger partial charge in [-0.25, -0.2) is 49.5 Å². The number of pyridine rings is 4. The van der Waals surface area contributed by atoms with Crippen LogP contribution in [0.3, 0.4) is 0 Å². The van der Waals surface area contributed by atoms with Gasteiger partial charge in [-0.2, -0.15) is 0 Å². The number of carboxylic acids is 2. The third kappa shape index (κ3) is 18.9. The quantitative estimate of drug-likeness (QED) is 0.0893. The highest BCUT2D eigenvalue weighted by atomic mass is 35.5. The molecule has 4 saturated heterocycles. The highest BCUT2D eigenvalue weighted by Gasteiger charge is 2.52. The third-order valence-corrected chi connectivity index (χ3v) is 20.9. The summed E-state index contributed by atoms with van der Waals surface area (Å²) in [5.41, 5.74) is 17.0. The standard InChI is InChI=1S/C22H19N3O3.C22H21N3O2.C18H12N2O3.C14H18BNO3.C10H6ClNO2.C4H9NO.B/c1-14-23-19-7-6-15(12-21(19)28-14)20-13-17(16-4-2-3-5-18(16)24-20)22(26)25-8-10-27-11-9-25;1-15-23-20-7-6-16(13-22(20)27-15)21-12-17(14-25-8-10-26-11-9-25)18-4-2-3-5-19(18)24-21;1-10-19-15-7-6-11(8-17(15)23-10)16-9-13(18(21)22)12-4-2-3-5-14(12)20-16;1-9-16-11-7-6-10(8-12(11)17-9)15-18-13(2,3)14(4,5)19-15;11-9-5-7(10(13)14)6-3-1-2-4-8(6)12-9;1-3-6-4-2-5-1;/h2-7,12-13H,8-11H2,1H3;2-7,12-13H,8-11,14H2,1H3;2-9H,1H3,(H,21,22);6-8H,1-5H3;1-5H,(H,13,14);5H,1-4H2;. The molecule has 3 N–H and O–H groups in total. The van der Waals surface area contributed by atoms with Gasteiger partial charge in [0.15, 0.2) is 45.9 Å². The van der Waals surface area contributed by atoms with E-state index in [2.05, 4.69) is 70.5 Å². The fourth-order valence-electron chi connectivity index (χ4n) is 14.1. The number of aromatic nitrogens is 8. The number of hydrogen-bond acceptors (Lipinski definition) is 22. The Kier molecular flexibility index (Phi) is 25.2. The average molecular weight is 1600 g/mol. The summed E-state index contributed by atoms with van der Waals surface area (Å²) in [4.78, 5) is 75.5. The van der Waals surface area contributed by atoms with E-state index in [0.717, 1.165) is 142 Å². The number of nitrogens with one attached hydrogen (secondary N) is 1. The van der Waals surface area contributed by atoms with E-state index in [4.69, 9.17) is 67.9 Å². The Bertz CT molecular complexity index is 6330. The summed E-state index contributed by atoms with van der Waals surface area (Å²) in [7, 11) is -0.361. The molecule has 28 heteroatoms. The van der Waals surface area contributed by atoms with Gasteiger partial charge in [-0.15, -0.1) is 0 Å². The van der Waals surface area contributed by atoms with E-state index < -0.39 is 11.9 Å². The van der Waals surface area contributed by atoms with E-state index in [0.29, 0.717) is 94.1 Å². The van der Waals surface area contributed by atoms with Crippen molar-refractivity contribution in [3.8, 4) is 33.8 Å². The molecule has 25 nitrogen and oxygen atoms in total. The van der Waals surface area contributed by atoms with Crippen molar-refractivity contribution < 1.29 is 65.8 Å². The van der Waals surface area contributed by atoms with Gasteiger partial charge < -0.3 is 61.6 Å². The first kappa shape index (κ1) is 82.4. The number of carboxylic acid groups (broad SMARTS) is 2. The molecule has 597 valence electrons. The summed E-state index contributed by atoms with van der Waals surface area (Å²) >= 11 is 5.69. The summed E-state index contributed by atoms with van der Waals surface area (Å²) < 4.78 is 50.4. The number of benzene rings is 8. The van der Waals surface area contributed by atoms with Crippen molar-refractivity contribution in [1.82, 2.24) is 55.0 Å². The van der Waals surface area contributed by atoms with Gasteiger partial charge in [0.1, 0.15) is 27.2 Å². The van der Waals surface area contributed by atoms with Crippen LogP contribution in [-0.4, -0.2) is 183 Å². The molecule has 8 aromatic heterocycles. The Morgan fingerprint density at radius 1 is 0.415 bits per heavy atom. The normalized spacial score (nSPS) is 15.1.